The van der Waals surface area contributed by atoms with Gasteiger partial charge in [0.25, 0.3) is 0 Å². The Hall–Kier alpha value is -1.82. The van der Waals surface area contributed by atoms with Crippen molar-refractivity contribution in [1.82, 2.24) is 14.3 Å². The number of hydrogen-bond donors (Lipinski definition) is 1. The minimum absolute atomic E-state index is 0.0461. The molecule has 70 valence electrons. The van der Waals surface area contributed by atoms with E-state index in [2.05, 4.69) is 14.3 Å². The number of carboxylic acid groups (broad SMARTS) is 1. The number of aromatic nitrogens is 3. The summed E-state index contributed by atoms with van der Waals surface area (Å²) in [4.78, 5) is 18.4. The van der Waals surface area contributed by atoms with Crippen molar-refractivity contribution >= 4 is 17.5 Å². The molecular formula is C8H5N3O2S. The molecule has 1 N–H and O–H groups in total. The monoisotopic (exact) mass is 207 g/mol. The lowest BCUT2D eigenvalue weighted by Crippen LogP contribution is -1.98. The van der Waals surface area contributed by atoms with Crippen LogP contribution in [0.1, 0.15) is 10.5 Å². The van der Waals surface area contributed by atoms with Gasteiger partial charge in [-0.1, -0.05) is 0 Å². The zero-order chi connectivity index (χ0) is 9.97. The van der Waals surface area contributed by atoms with Gasteiger partial charge in [0.15, 0.2) is 5.69 Å². The van der Waals surface area contributed by atoms with Crippen LogP contribution in [0.3, 0.4) is 0 Å². The Bertz CT molecular complexity index is 455. The van der Waals surface area contributed by atoms with Gasteiger partial charge in [0, 0.05) is 28.9 Å². The summed E-state index contributed by atoms with van der Waals surface area (Å²) in [6.07, 6.45) is 4.51. The van der Waals surface area contributed by atoms with Crippen molar-refractivity contribution in [3.8, 4) is 11.1 Å². The van der Waals surface area contributed by atoms with Gasteiger partial charge in [0.2, 0.25) is 0 Å². The summed E-state index contributed by atoms with van der Waals surface area (Å²) in [6, 6.07) is 0. The van der Waals surface area contributed by atoms with Crippen molar-refractivity contribution in [2.75, 3.05) is 0 Å². The van der Waals surface area contributed by atoms with Crippen molar-refractivity contribution in [3.63, 3.8) is 0 Å². The minimum atomic E-state index is -1.04. The molecule has 0 atom stereocenters. The van der Waals surface area contributed by atoms with Crippen LogP contribution in [-0.2, 0) is 0 Å². The number of nitrogens with zero attached hydrogens (tertiary/aromatic N) is 3. The molecule has 5 nitrogen and oxygen atoms in total. The zero-order valence-electron chi connectivity index (χ0n) is 6.91. The fraction of sp³-hybridized carbons (Fsp3) is 0. The molecule has 0 saturated carbocycles. The number of aromatic carboxylic acids is 1. The normalized spacial score (nSPS) is 10.0. The smallest absolute Gasteiger partial charge is 0.356 e. The van der Waals surface area contributed by atoms with Crippen LogP contribution in [0.15, 0.2) is 24.1 Å². The minimum Gasteiger partial charge on any atom is -0.476 e. The highest BCUT2D eigenvalue weighted by atomic mass is 32.1. The van der Waals surface area contributed by atoms with Crippen molar-refractivity contribution in [2.45, 2.75) is 0 Å². The van der Waals surface area contributed by atoms with E-state index < -0.39 is 5.97 Å². The first kappa shape index (κ1) is 8.76. The molecule has 2 rings (SSSR count). The van der Waals surface area contributed by atoms with Gasteiger partial charge in [0.1, 0.15) is 6.33 Å². The van der Waals surface area contributed by atoms with Crippen molar-refractivity contribution in [1.29, 1.82) is 0 Å². The Morgan fingerprint density at radius 3 is 2.71 bits per heavy atom. The highest BCUT2D eigenvalue weighted by Crippen LogP contribution is 2.23. The number of carbonyl (C=O) groups is 1. The van der Waals surface area contributed by atoms with E-state index >= 15 is 0 Å². The molecule has 6 heteroatoms. The van der Waals surface area contributed by atoms with Crippen molar-refractivity contribution in [2.24, 2.45) is 0 Å². The third kappa shape index (κ3) is 1.47. The van der Waals surface area contributed by atoms with E-state index in [1.807, 2.05) is 0 Å². The van der Waals surface area contributed by atoms with Crippen LogP contribution in [0, 0.1) is 0 Å². The van der Waals surface area contributed by atoms with Gasteiger partial charge >= 0.3 is 5.97 Å². The van der Waals surface area contributed by atoms with Crippen LogP contribution in [-0.4, -0.2) is 25.4 Å². The quantitative estimate of drug-likeness (QED) is 0.803. The molecule has 2 heterocycles. The van der Waals surface area contributed by atoms with Crippen LogP contribution >= 0.6 is 11.5 Å². The van der Waals surface area contributed by atoms with Gasteiger partial charge in [0.05, 0.1) is 0 Å². The average molecular weight is 207 g/mol. The summed E-state index contributed by atoms with van der Waals surface area (Å²) in [5.41, 5.74) is 1.27. The summed E-state index contributed by atoms with van der Waals surface area (Å²) < 4.78 is 3.78. The van der Waals surface area contributed by atoms with E-state index in [9.17, 15) is 4.79 Å². The molecule has 0 bridgehead atoms. The summed E-state index contributed by atoms with van der Waals surface area (Å²) in [5.74, 6) is -1.04. The molecule has 0 aliphatic heterocycles. The van der Waals surface area contributed by atoms with Crippen LogP contribution in [0.2, 0.25) is 0 Å². The molecule has 0 radical (unpaired) electrons. The standard InChI is InChI=1S/C8H5N3O2S/c12-8(13)7-6(3-14-11-7)5-1-9-4-10-2-5/h1-4H,(H,12,13). The van der Waals surface area contributed by atoms with Crippen LogP contribution < -0.4 is 0 Å². The van der Waals surface area contributed by atoms with Gasteiger partial charge in [-0.15, -0.1) is 0 Å². The number of rotatable bonds is 2. The Morgan fingerprint density at radius 2 is 2.07 bits per heavy atom. The summed E-state index contributed by atoms with van der Waals surface area (Å²) in [6.45, 7) is 0. The Morgan fingerprint density at radius 1 is 1.36 bits per heavy atom. The van der Waals surface area contributed by atoms with E-state index in [1.165, 1.54) is 6.33 Å². The molecule has 0 amide bonds. The number of carboxylic acids is 1. The Balaban J connectivity index is 2.52. The topological polar surface area (TPSA) is 76.0 Å². The van der Waals surface area contributed by atoms with E-state index in [0.717, 1.165) is 11.5 Å². The highest BCUT2D eigenvalue weighted by Gasteiger charge is 2.14. The molecule has 0 spiro atoms. The maximum absolute atomic E-state index is 10.8. The molecule has 0 unspecified atom stereocenters. The second kappa shape index (κ2) is 3.51. The average Bonchev–Trinajstić information content (AvgIpc) is 2.67. The predicted molar refractivity (Wildman–Crippen MR) is 50.1 cm³/mol. The summed E-state index contributed by atoms with van der Waals surface area (Å²) >= 11 is 1.10. The van der Waals surface area contributed by atoms with E-state index in [0.29, 0.717) is 11.1 Å². The fourth-order valence-electron chi connectivity index (χ4n) is 1.03. The molecule has 0 aromatic carbocycles. The predicted octanol–water partition coefficient (Wildman–Crippen LogP) is 1.30. The largest absolute Gasteiger partial charge is 0.476 e. The van der Waals surface area contributed by atoms with Crippen LogP contribution in [0.25, 0.3) is 11.1 Å². The summed E-state index contributed by atoms with van der Waals surface area (Å²) in [7, 11) is 0. The fourth-order valence-corrected chi connectivity index (χ4v) is 1.72. The molecule has 0 saturated heterocycles. The lowest BCUT2D eigenvalue weighted by atomic mass is 10.1. The maximum Gasteiger partial charge on any atom is 0.356 e. The molecule has 0 fully saturated rings. The van der Waals surface area contributed by atoms with E-state index in [4.69, 9.17) is 5.11 Å². The van der Waals surface area contributed by atoms with Crippen molar-refractivity contribution < 1.29 is 9.90 Å². The van der Waals surface area contributed by atoms with Gasteiger partial charge in [-0.25, -0.2) is 14.8 Å². The van der Waals surface area contributed by atoms with Gasteiger partial charge in [-0.3, -0.25) is 0 Å². The van der Waals surface area contributed by atoms with Crippen LogP contribution in [0.4, 0.5) is 0 Å². The third-order valence-corrected chi connectivity index (χ3v) is 2.27. The Labute approximate surface area is 83.2 Å². The molecular weight excluding hydrogens is 202 g/mol. The molecule has 14 heavy (non-hydrogen) atoms. The molecule has 0 aliphatic carbocycles. The first-order valence-corrected chi connectivity index (χ1v) is 4.55. The first-order chi connectivity index (χ1) is 6.79. The van der Waals surface area contributed by atoms with E-state index in [-0.39, 0.29) is 5.69 Å². The maximum atomic E-state index is 10.8. The Kier molecular flexibility index (Phi) is 2.19. The summed E-state index contributed by atoms with van der Waals surface area (Å²) in [5, 5.41) is 10.5. The van der Waals surface area contributed by atoms with Crippen molar-refractivity contribution in [3.05, 3.63) is 29.8 Å². The van der Waals surface area contributed by atoms with Crippen LogP contribution in [0.5, 0.6) is 0 Å². The second-order valence-corrected chi connectivity index (χ2v) is 3.14. The lowest BCUT2D eigenvalue weighted by molar-refractivity contribution is 0.0693. The zero-order valence-corrected chi connectivity index (χ0v) is 7.73. The molecule has 2 aromatic heterocycles. The first-order valence-electron chi connectivity index (χ1n) is 3.72. The number of hydrogen-bond acceptors (Lipinski definition) is 5. The third-order valence-electron chi connectivity index (χ3n) is 1.64. The van der Waals surface area contributed by atoms with Gasteiger partial charge in [-0.05, 0) is 11.5 Å². The second-order valence-electron chi connectivity index (χ2n) is 2.51. The highest BCUT2D eigenvalue weighted by molar-refractivity contribution is 7.04. The SMILES string of the molecule is O=C(O)c1nscc1-c1cncnc1. The van der Waals surface area contributed by atoms with Gasteiger partial charge < -0.3 is 5.11 Å². The molecule has 0 aliphatic rings. The van der Waals surface area contributed by atoms with Gasteiger partial charge in [-0.2, -0.15) is 4.37 Å². The molecule has 2 aromatic rings. The van der Waals surface area contributed by atoms with E-state index in [1.54, 1.807) is 17.8 Å². The lowest BCUT2D eigenvalue weighted by Gasteiger charge is -1.96.